The molecule has 1 aromatic carbocycles. The van der Waals surface area contributed by atoms with E-state index in [0.717, 1.165) is 4.88 Å². The van der Waals surface area contributed by atoms with Gasteiger partial charge in [-0.15, -0.1) is 23.1 Å². The summed E-state index contributed by atoms with van der Waals surface area (Å²) in [6.07, 6.45) is 0. The van der Waals surface area contributed by atoms with Crippen molar-refractivity contribution in [2.45, 2.75) is 32.9 Å². The molecule has 1 aliphatic rings. The van der Waals surface area contributed by atoms with Gasteiger partial charge in [-0.05, 0) is 37.4 Å². The highest BCUT2D eigenvalue weighted by molar-refractivity contribution is 8.04. The lowest BCUT2D eigenvalue weighted by Gasteiger charge is -2.18. The van der Waals surface area contributed by atoms with Gasteiger partial charge in [0, 0.05) is 16.2 Å². The number of benzene rings is 1. The third kappa shape index (κ3) is 3.95. The molecule has 0 aliphatic carbocycles. The van der Waals surface area contributed by atoms with Crippen LogP contribution in [0.1, 0.15) is 32.6 Å². The van der Waals surface area contributed by atoms with Crippen molar-refractivity contribution in [1.82, 2.24) is 0 Å². The van der Waals surface area contributed by atoms with Crippen LogP contribution in [0.15, 0.2) is 40.6 Å². The van der Waals surface area contributed by atoms with E-state index in [1.54, 1.807) is 18.2 Å². The van der Waals surface area contributed by atoms with E-state index in [1.165, 1.54) is 28.0 Å². The first-order chi connectivity index (χ1) is 13.5. The Morgan fingerprint density at radius 1 is 1.04 bits per heavy atom. The molecule has 0 N–H and O–H groups in total. The van der Waals surface area contributed by atoms with Gasteiger partial charge in [0.15, 0.2) is 11.5 Å². The highest BCUT2D eigenvalue weighted by Gasteiger charge is 2.41. The number of thiophene rings is 1. The van der Waals surface area contributed by atoms with E-state index in [9.17, 15) is 9.59 Å². The third-order valence-electron chi connectivity index (χ3n) is 3.95. The lowest BCUT2D eigenvalue weighted by Crippen LogP contribution is -2.31. The highest BCUT2D eigenvalue weighted by Crippen LogP contribution is 2.42. The summed E-state index contributed by atoms with van der Waals surface area (Å²) >= 11 is 2.88. The lowest BCUT2D eigenvalue weighted by molar-refractivity contribution is -0.119. The molecule has 7 heteroatoms. The zero-order valence-corrected chi connectivity index (χ0v) is 18.0. The molecule has 3 rings (SSSR count). The zero-order chi connectivity index (χ0) is 20.3. The number of hydrogen-bond donors (Lipinski definition) is 0. The number of imide groups is 1. The zero-order valence-electron chi connectivity index (χ0n) is 16.4. The predicted molar refractivity (Wildman–Crippen MR) is 115 cm³/mol. The number of rotatable bonds is 8. The molecule has 0 saturated carbocycles. The minimum Gasteiger partial charge on any atom is -0.490 e. The highest BCUT2D eigenvalue weighted by atomic mass is 32.2. The summed E-state index contributed by atoms with van der Waals surface area (Å²) in [5.41, 5.74) is 0.959. The molecule has 28 heavy (non-hydrogen) atoms. The van der Waals surface area contributed by atoms with Crippen LogP contribution >= 0.6 is 23.1 Å². The van der Waals surface area contributed by atoms with Gasteiger partial charge in [-0.2, -0.15) is 0 Å². The fraction of sp³-hybridized carbons (Fsp3) is 0.333. The molecule has 2 heterocycles. The van der Waals surface area contributed by atoms with Gasteiger partial charge in [-0.1, -0.05) is 19.9 Å². The summed E-state index contributed by atoms with van der Waals surface area (Å²) in [4.78, 5) is 29.0. The second-order valence-corrected chi connectivity index (χ2v) is 8.83. The van der Waals surface area contributed by atoms with Gasteiger partial charge in [0.05, 0.1) is 29.4 Å². The number of amides is 2. The molecule has 0 spiro atoms. The van der Waals surface area contributed by atoms with Crippen LogP contribution in [0.25, 0.3) is 5.57 Å². The molecule has 0 radical (unpaired) electrons. The normalized spacial score (nSPS) is 14.4. The number of carbonyl (C=O) groups is 2. The summed E-state index contributed by atoms with van der Waals surface area (Å²) in [6.45, 7) is 8.74. The molecule has 2 amide bonds. The average Bonchev–Trinajstić information content (AvgIpc) is 3.24. The van der Waals surface area contributed by atoms with E-state index < -0.39 is 0 Å². The largest absolute Gasteiger partial charge is 0.490 e. The van der Waals surface area contributed by atoms with Gasteiger partial charge in [0.25, 0.3) is 11.8 Å². The van der Waals surface area contributed by atoms with Crippen molar-refractivity contribution in [1.29, 1.82) is 0 Å². The summed E-state index contributed by atoms with van der Waals surface area (Å²) in [7, 11) is 0. The standard InChI is InChI=1S/C21H23NO4S2/c1-5-25-15-10-9-14(12-16(15)26-6-2)22-20(23)18(17-8-7-11-27-17)19(21(22)24)28-13(3)4/h7-13H,5-6H2,1-4H3. The van der Waals surface area contributed by atoms with Gasteiger partial charge >= 0.3 is 0 Å². The quantitative estimate of drug-likeness (QED) is 0.568. The molecule has 0 saturated heterocycles. The first-order valence-electron chi connectivity index (χ1n) is 9.21. The second-order valence-electron chi connectivity index (χ2n) is 6.29. The first kappa shape index (κ1) is 20.5. The van der Waals surface area contributed by atoms with E-state index in [1.807, 2.05) is 45.2 Å². The fourth-order valence-electron chi connectivity index (χ4n) is 2.91. The Labute approximate surface area is 173 Å². The number of carbonyl (C=O) groups excluding carboxylic acids is 2. The van der Waals surface area contributed by atoms with Crippen molar-refractivity contribution >= 4 is 46.2 Å². The minimum absolute atomic E-state index is 0.181. The van der Waals surface area contributed by atoms with Crippen LogP contribution in [0.4, 0.5) is 5.69 Å². The molecular formula is C21H23NO4S2. The van der Waals surface area contributed by atoms with Crippen molar-refractivity contribution in [2.75, 3.05) is 18.1 Å². The Morgan fingerprint density at radius 3 is 2.36 bits per heavy atom. The molecule has 2 aromatic rings. The monoisotopic (exact) mass is 417 g/mol. The smallest absolute Gasteiger partial charge is 0.272 e. The van der Waals surface area contributed by atoms with E-state index >= 15 is 0 Å². The summed E-state index contributed by atoms with van der Waals surface area (Å²) in [5.74, 6) is 0.515. The van der Waals surface area contributed by atoms with E-state index in [2.05, 4.69) is 0 Å². The maximum atomic E-state index is 13.3. The van der Waals surface area contributed by atoms with Crippen molar-refractivity contribution < 1.29 is 19.1 Å². The van der Waals surface area contributed by atoms with E-state index in [-0.39, 0.29) is 17.1 Å². The Balaban J connectivity index is 2.03. The molecule has 0 bridgehead atoms. The molecule has 0 unspecified atom stereocenters. The van der Waals surface area contributed by atoms with Gasteiger partial charge in [-0.3, -0.25) is 9.59 Å². The van der Waals surface area contributed by atoms with Crippen LogP contribution in [0.5, 0.6) is 11.5 Å². The maximum Gasteiger partial charge on any atom is 0.272 e. The minimum atomic E-state index is -0.304. The number of nitrogens with zero attached hydrogens (tertiary/aromatic N) is 1. The van der Waals surface area contributed by atoms with Crippen molar-refractivity contribution in [3.8, 4) is 11.5 Å². The number of anilines is 1. The third-order valence-corrected chi connectivity index (χ3v) is 5.92. The SMILES string of the molecule is CCOc1ccc(N2C(=O)C(SC(C)C)=C(c3cccs3)C2=O)cc1OCC. The van der Waals surface area contributed by atoms with Crippen LogP contribution in [0, 0.1) is 0 Å². The summed E-state index contributed by atoms with van der Waals surface area (Å²) in [5, 5.41) is 2.09. The fourth-order valence-corrected chi connectivity index (χ4v) is 4.72. The average molecular weight is 418 g/mol. The van der Waals surface area contributed by atoms with Gasteiger partial charge in [0.1, 0.15) is 0 Å². The van der Waals surface area contributed by atoms with Gasteiger partial charge in [-0.25, -0.2) is 4.90 Å². The molecule has 1 aromatic heterocycles. The Hall–Kier alpha value is -2.25. The maximum absolute atomic E-state index is 13.3. The van der Waals surface area contributed by atoms with Crippen LogP contribution in [0.3, 0.4) is 0 Å². The van der Waals surface area contributed by atoms with Crippen molar-refractivity contribution in [2.24, 2.45) is 0 Å². The van der Waals surface area contributed by atoms with Crippen LogP contribution in [-0.2, 0) is 9.59 Å². The Bertz CT molecular complexity index is 903. The number of hydrogen-bond acceptors (Lipinski definition) is 6. The summed E-state index contributed by atoms with van der Waals surface area (Å²) < 4.78 is 11.2. The van der Waals surface area contributed by atoms with Crippen molar-refractivity contribution in [3.05, 3.63) is 45.5 Å². The van der Waals surface area contributed by atoms with Crippen LogP contribution in [0.2, 0.25) is 0 Å². The number of thioether (sulfide) groups is 1. The molecule has 148 valence electrons. The predicted octanol–water partition coefficient (Wildman–Crippen LogP) is 4.97. The molecule has 5 nitrogen and oxygen atoms in total. The van der Waals surface area contributed by atoms with E-state index in [4.69, 9.17) is 9.47 Å². The molecule has 1 aliphatic heterocycles. The lowest BCUT2D eigenvalue weighted by atomic mass is 10.2. The molecular weight excluding hydrogens is 394 g/mol. The Morgan fingerprint density at radius 2 is 1.75 bits per heavy atom. The van der Waals surface area contributed by atoms with Crippen LogP contribution < -0.4 is 14.4 Å². The van der Waals surface area contributed by atoms with Gasteiger partial charge < -0.3 is 9.47 Å². The molecule has 0 fully saturated rings. The molecule has 0 atom stereocenters. The topological polar surface area (TPSA) is 55.8 Å². The van der Waals surface area contributed by atoms with E-state index in [0.29, 0.717) is 40.9 Å². The number of ether oxygens (including phenoxy) is 2. The first-order valence-corrected chi connectivity index (χ1v) is 11.0. The van der Waals surface area contributed by atoms with Crippen molar-refractivity contribution in [3.63, 3.8) is 0 Å². The summed E-state index contributed by atoms with van der Waals surface area (Å²) in [6, 6.07) is 8.91. The van der Waals surface area contributed by atoms with Gasteiger partial charge in [0.2, 0.25) is 0 Å². The van der Waals surface area contributed by atoms with Crippen LogP contribution in [-0.4, -0.2) is 30.3 Å². The second kappa shape index (κ2) is 8.84. The Kier molecular flexibility index (Phi) is 6.46.